The molecule has 25 heavy (non-hydrogen) atoms. The van der Waals surface area contributed by atoms with Gasteiger partial charge in [0.25, 0.3) is 0 Å². The fourth-order valence-corrected chi connectivity index (χ4v) is 3.66. The maximum atomic E-state index is 5.03. The SMILES string of the molecule is [CH2]C(C)(C)/C=N/CCCN/C(=N\C1CCCCC1)NC1CCCCC1. The second-order valence-corrected chi connectivity index (χ2v) is 8.55. The van der Waals surface area contributed by atoms with Gasteiger partial charge in [-0.3, -0.25) is 4.99 Å². The number of hydrogen-bond donors (Lipinski definition) is 2. The molecular formula is C21H39N4. The minimum absolute atomic E-state index is 0.0659. The van der Waals surface area contributed by atoms with E-state index >= 15 is 0 Å². The Balaban J connectivity index is 1.78. The molecule has 2 aliphatic carbocycles. The molecule has 2 aliphatic rings. The first-order valence-corrected chi connectivity index (χ1v) is 10.5. The molecule has 0 aromatic rings. The first-order valence-electron chi connectivity index (χ1n) is 10.5. The molecule has 0 atom stereocenters. The largest absolute Gasteiger partial charge is 0.356 e. The summed E-state index contributed by atoms with van der Waals surface area (Å²) in [6, 6.07) is 1.12. The summed E-state index contributed by atoms with van der Waals surface area (Å²) in [5.74, 6) is 1.04. The average molecular weight is 348 g/mol. The monoisotopic (exact) mass is 347 g/mol. The lowest BCUT2D eigenvalue weighted by Crippen LogP contribution is -2.45. The van der Waals surface area contributed by atoms with E-state index in [0.717, 1.165) is 25.5 Å². The summed E-state index contributed by atoms with van der Waals surface area (Å²) >= 11 is 0. The van der Waals surface area contributed by atoms with Gasteiger partial charge >= 0.3 is 0 Å². The lowest BCUT2D eigenvalue weighted by Gasteiger charge is -2.27. The number of hydrogen-bond acceptors (Lipinski definition) is 2. The van der Waals surface area contributed by atoms with Crippen molar-refractivity contribution < 1.29 is 0 Å². The number of nitrogens with one attached hydrogen (secondary N) is 2. The van der Waals surface area contributed by atoms with Crippen molar-refractivity contribution in [2.24, 2.45) is 15.4 Å². The smallest absolute Gasteiger partial charge is 0.191 e. The van der Waals surface area contributed by atoms with Gasteiger partial charge in [0.05, 0.1) is 6.04 Å². The van der Waals surface area contributed by atoms with Gasteiger partial charge in [-0.2, -0.15) is 0 Å². The normalized spacial score (nSPS) is 21.6. The molecule has 143 valence electrons. The Hall–Kier alpha value is -1.06. The van der Waals surface area contributed by atoms with Crippen molar-refractivity contribution in [3.05, 3.63) is 6.92 Å². The molecule has 4 heteroatoms. The van der Waals surface area contributed by atoms with Gasteiger partial charge in [0, 0.05) is 25.3 Å². The molecule has 0 saturated heterocycles. The van der Waals surface area contributed by atoms with Gasteiger partial charge in [-0.15, -0.1) is 0 Å². The third-order valence-corrected chi connectivity index (χ3v) is 5.03. The van der Waals surface area contributed by atoms with Crippen molar-refractivity contribution >= 4 is 12.2 Å². The van der Waals surface area contributed by atoms with Gasteiger partial charge in [0.2, 0.25) is 0 Å². The van der Waals surface area contributed by atoms with Crippen molar-refractivity contribution in [3.63, 3.8) is 0 Å². The van der Waals surface area contributed by atoms with Crippen LogP contribution in [0.2, 0.25) is 0 Å². The number of nitrogens with zero attached hydrogens (tertiary/aromatic N) is 2. The average Bonchev–Trinajstić information content (AvgIpc) is 2.59. The first kappa shape index (κ1) is 20.3. The van der Waals surface area contributed by atoms with E-state index in [2.05, 4.69) is 36.4 Å². The van der Waals surface area contributed by atoms with Crippen LogP contribution in [0.15, 0.2) is 9.98 Å². The molecule has 0 spiro atoms. The molecule has 0 unspecified atom stereocenters. The Morgan fingerprint density at radius 1 is 1.04 bits per heavy atom. The Morgan fingerprint density at radius 3 is 2.32 bits per heavy atom. The maximum absolute atomic E-state index is 5.03. The van der Waals surface area contributed by atoms with E-state index in [1.54, 1.807) is 0 Å². The first-order chi connectivity index (χ1) is 12.0. The van der Waals surface area contributed by atoms with Crippen LogP contribution in [-0.4, -0.2) is 37.3 Å². The highest BCUT2D eigenvalue weighted by Gasteiger charge is 2.17. The maximum Gasteiger partial charge on any atom is 0.191 e. The van der Waals surface area contributed by atoms with Gasteiger partial charge < -0.3 is 10.6 Å². The van der Waals surface area contributed by atoms with Gasteiger partial charge in [-0.05, 0) is 44.4 Å². The topological polar surface area (TPSA) is 48.8 Å². The van der Waals surface area contributed by atoms with Crippen LogP contribution >= 0.6 is 0 Å². The van der Waals surface area contributed by atoms with Gasteiger partial charge in [0.1, 0.15) is 0 Å². The zero-order chi connectivity index (χ0) is 18.0. The second-order valence-electron chi connectivity index (χ2n) is 8.55. The van der Waals surface area contributed by atoms with E-state index < -0.39 is 0 Å². The molecule has 0 aromatic carbocycles. The van der Waals surface area contributed by atoms with Crippen LogP contribution in [0, 0.1) is 12.3 Å². The van der Waals surface area contributed by atoms with Crippen LogP contribution in [-0.2, 0) is 0 Å². The Kier molecular flexibility index (Phi) is 8.77. The quantitative estimate of drug-likeness (QED) is 0.404. The molecule has 0 amide bonds. The van der Waals surface area contributed by atoms with Crippen LogP contribution in [0.25, 0.3) is 0 Å². The number of rotatable bonds is 7. The molecule has 0 bridgehead atoms. The van der Waals surface area contributed by atoms with Crippen LogP contribution < -0.4 is 10.6 Å². The summed E-state index contributed by atoms with van der Waals surface area (Å²) in [6.45, 7) is 10.00. The van der Waals surface area contributed by atoms with Crippen LogP contribution in [0.5, 0.6) is 0 Å². The predicted molar refractivity (Wildman–Crippen MR) is 109 cm³/mol. The minimum atomic E-state index is -0.0659. The van der Waals surface area contributed by atoms with Crippen molar-refractivity contribution in [2.75, 3.05) is 13.1 Å². The lowest BCUT2D eigenvalue weighted by molar-refractivity contribution is 0.404. The zero-order valence-corrected chi connectivity index (χ0v) is 16.5. The van der Waals surface area contributed by atoms with Crippen molar-refractivity contribution in [1.29, 1.82) is 0 Å². The Labute approximate surface area is 155 Å². The zero-order valence-electron chi connectivity index (χ0n) is 16.5. The Bertz CT molecular complexity index is 410. The van der Waals surface area contributed by atoms with Crippen LogP contribution in [0.1, 0.15) is 84.5 Å². The van der Waals surface area contributed by atoms with Crippen LogP contribution in [0.4, 0.5) is 0 Å². The van der Waals surface area contributed by atoms with Gasteiger partial charge in [-0.1, -0.05) is 52.4 Å². The molecular weight excluding hydrogens is 308 g/mol. The summed E-state index contributed by atoms with van der Waals surface area (Å²) < 4.78 is 0. The summed E-state index contributed by atoms with van der Waals surface area (Å²) in [5, 5.41) is 7.27. The second kappa shape index (κ2) is 10.8. The molecule has 0 heterocycles. The molecule has 2 fully saturated rings. The summed E-state index contributed by atoms with van der Waals surface area (Å²) in [6.07, 6.45) is 16.2. The van der Waals surface area contributed by atoms with Crippen LogP contribution in [0.3, 0.4) is 0 Å². The highest BCUT2D eigenvalue weighted by molar-refractivity contribution is 5.80. The molecule has 0 aromatic heterocycles. The van der Waals surface area contributed by atoms with E-state index in [1.165, 1.54) is 64.2 Å². The summed E-state index contributed by atoms with van der Waals surface area (Å²) in [5.41, 5.74) is -0.0659. The van der Waals surface area contributed by atoms with E-state index in [-0.39, 0.29) is 5.41 Å². The van der Waals surface area contributed by atoms with Crippen molar-refractivity contribution in [2.45, 2.75) is 96.6 Å². The summed E-state index contributed by atoms with van der Waals surface area (Å²) in [7, 11) is 0. The van der Waals surface area contributed by atoms with E-state index in [4.69, 9.17) is 4.99 Å². The third kappa shape index (κ3) is 9.27. The van der Waals surface area contributed by atoms with E-state index in [9.17, 15) is 0 Å². The van der Waals surface area contributed by atoms with Gasteiger partial charge in [-0.25, -0.2) is 4.99 Å². The van der Waals surface area contributed by atoms with E-state index in [1.807, 2.05) is 6.21 Å². The minimum Gasteiger partial charge on any atom is -0.356 e. The fraction of sp³-hybridized carbons (Fsp3) is 0.857. The highest BCUT2D eigenvalue weighted by atomic mass is 15.2. The molecule has 4 nitrogen and oxygen atoms in total. The highest BCUT2D eigenvalue weighted by Crippen LogP contribution is 2.21. The lowest BCUT2D eigenvalue weighted by atomic mass is 9.95. The molecule has 2 rings (SSSR count). The molecule has 2 saturated carbocycles. The number of guanidine groups is 1. The molecule has 2 N–H and O–H groups in total. The van der Waals surface area contributed by atoms with E-state index in [0.29, 0.717) is 12.1 Å². The summed E-state index contributed by atoms with van der Waals surface area (Å²) in [4.78, 5) is 9.52. The Morgan fingerprint density at radius 2 is 1.68 bits per heavy atom. The molecule has 0 aliphatic heterocycles. The number of aliphatic imine (C=N–C) groups is 2. The predicted octanol–water partition coefficient (Wildman–Crippen LogP) is 4.51. The van der Waals surface area contributed by atoms with Gasteiger partial charge in [0.15, 0.2) is 5.96 Å². The third-order valence-electron chi connectivity index (χ3n) is 5.03. The van der Waals surface area contributed by atoms with Crippen molar-refractivity contribution in [3.8, 4) is 0 Å². The fourth-order valence-electron chi connectivity index (χ4n) is 3.66. The standard InChI is InChI=1S/C21H39N4/c1-21(2,3)17-22-15-10-16-23-20(24-18-11-6-4-7-12-18)25-19-13-8-5-9-14-19/h17-19H,1,4-16H2,2-3H3,(H2,23,24,25)/b22-17+. The molecule has 1 radical (unpaired) electrons. The van der Waals surface area contributed by atoms with Crippen molar-refractivity contribution in [1.82, 2.24) is 10.6 Å².